The molecular formula is C8H16N4O2S. The zero-order chi connectivity index (χ0) is 11.3. The Morgan fingerprint density at radius 2 is 2.33 bits per heavy atom. The maximum atomic E-state index is 10.6. The van der Waals surface area contributed by atoms with Gasteiger partial charge in [0.25, 0.3) is 0 Å². The predicted molar refractivity (Wildman–Crippen MR) is 57.6 cm³/mol. The first-order chi connectivity index (χ1) is 7.01. The van der Waals surface area contributed by atoms with Crippen LogP contribution < -0.4 is 10.5 Å². The second-order valence-electron chi connectivity index (χ2n) is 3.25. The highest BCUT2D eigenvalue weighted by atomic mass is 32.2. The van der Waals surface area contributed by atoms with Gasteiger partial charge in [0.15, 0.2) is 0 Å². The van der Waals surface area contributed by atoms with Crippen molar-refractivity contribution >= 4 is 10.0 Å². The number of nitrogens with two attached hydrogens (primary N) is 1. The molecule has 0 saturated carbocycles. The Balaban J connectivity index is 2.26. The molecule has 1 rings (SSSR count). The first-order valence-corrected chi connectivity index (χ1v) is 6.45. The van der Waals surface area contributed by atoms with Crippen LogP contribution in [0.1, 0.15) is 12.5 Å². The summed E-state index contributed by atoms with van der Waals surface area (Å²) in [5, 5.41) is 11.9. The van der Waals surface area contributed by atoms with E-state index in [-0.39, 0.29) is 5.75 Å². The Morgan fingerprint density at radius 3 is 2.87 bits per heavy atom. The smallest absolute Gasteiger partial charge is 0.210 e. The zero-order valence-corrected chi connectivity index (χ0v) is 9.50. The van der Waals surface area contributed by atoms with Crippen molar-refractivity contribution < 1.29 is 8.42 Å². The van der Waals surface area contributed by atoms with Gasteiger partial charge in [-0.3, -0.25) is 4.68 Å². The number of hydrogen-bond acceptors (Lipinski definition) is 4. The molecule has 6 nitrogen and oxygen atoms in total. The zero-order valence-electron chi connectivity index (χ0n) is 8.68. The summed E-state index contributed by atoms with van der Waals surface area (Å²) in [6.07, 6.45) is 3.68. The highest BCUT2D eigenvalue weighted by molar-refractivity contribution is 7.89. The first-order valence-electron chi connectivity index (χ1n) is 4.74. The average molecular weight is 232 g/mol. The second kappa shape index (κ2) is 5.24. The molecule has 0 fully saturated rings. The molecule has 0 spiro atoms. The molecular weight excluding hydrogens is 216 g/mol. The normalized spacial score (nSPS) is 11.9. The Kier molecular flexibility index (Phi) is 4.25. The number of nitrogens with zero attached hydrogens (tertiary/aromatic N) is 2. The van der Waals surface area contributed by atoms with E-state index in [0.29, 0.717) is 13.1 Å². The minimum atomic E-state index is -3.36. The van der Waals surface area contributed by atoms with Gasteiger partial charge in [-0.05, 0) is 6.92 Å². The molecule has 0 aliphatic carbocycles. The molecule has 0 unspecified atom stereocenters. The summed E-state index contributed by atoms with van der Waals surface area (Å²) in [6, 6.07) is 0. The summed E-state index contributed by atoms with van der Waals surface area (Å²) in [6.45, 7) is 3.80. The third-order valence-corrected chi connectivity index (χ3v) is 2.68. The fourth-order valence-corrected chi connectivity index (χ4v) is 1.55. The minimum Gasteiger partial charge on any atom is -0.311 e. The highest BCUT2D eigenvalue weighted by Crippen LogP contribution is 1.96. The standard InChI is InChI=1S/C8H16N4O2S/c1-2-12-7-8(6-11-12)5-10-3-4-15(9,13)14/h6-7,10H,2-5H2,1H3,(H2,9,13,14). The van der Waals surface area contributed by atoms with Crippen molar-refractivity contribution in [3.63, 3.8) is 0 Å². The van der Waals surface area contributed by atoms with Gasteiger partial charge in [0.2, 0.25) is 10.0 Å². The van der Waals surface area contributed by atoms with E-state index in [1.54, 1.807) is 6.20 Å². The number of aryl methyl sites for hydroxylation is 1. The van der Waals surface area contributed by atoms with Crippen LogP contribution in [0, 0.1) is 0 Å². The van der Waals surface area contributed by atoms with E-state index in [1.807, 2.05) is 17.8 Å². The number of rotatable bonds is 6. The van der Waals surface area contributed by atoms with E-state index in [9.17, 15) is 8.42 Å². The van der Waals surface area contributed by atoms with E-state index in [4.69, 9.17) is 5.14 Å². The van der Waals surface area contributed by atoms with Crippen molar-refractivity contribution in [1.29, 1.82) is 0 Å². The maximum absolute atomic E-state index is 10.6. The number of hydrogen-bond donors (Lipinski definition) is 2. The van der Waals surface area contributed by atoms with Crippen LogP contribution in [-0.2, 0) is 23.1 Å². The molecule has 86 valence electrons. The topological polar surface area (TPSA) is 90.0 Å². The molecule has 1 aromatic heterocycles. The molecule has 0 saturated heterocycles. The Hall–Kier alpha value is -0.920. The van der Waals surface area contributed by atoms with Crippen LogP contribution in [0.5, 0.6) is 0 Å². The monoisotopic (exact) mass is 232 g/mol. The highest BCUT2D eigenvalue weighted by Gasteiger charge is 2.01. The molecule has 0 aliphatic heterocycles. The van der Waals surface area contributed by atoms with Crippen LogP contribution in [-0.4, -0.2) is 30.5 Å². The van der Waals surface area contributed by atoms with Crippen LogP contribution in [0.3, 0.4) is 0 Å². The Labute approximate surface area is 89.5 Å². The third kappa shape index (κ3) is 4.91. The van der Waals surface area contributed by atoms with Gasteiger partial charge in [0, 0.05) is 31.4 Å². The van der Waals surface area contributed by atoms with Crippen LogP contribution >= 0.6 is 0 Å². The van der Waals surface area contributed by atoms with Crippen molar-refractivity contribution in [2.45, 2.75) is 20.0 Å². The molecule has 0 atom stereocenters. The van der Waals surface area contributed by atoms with Crippen LogP contribution in [0.2, 0.25) is 0 Å². The maximum Gasteiger partial charge on any atom is 0.210 e. The van der Waals surface area contributed by atoms with Crippen molar-refractivity contribution in [3.8, 4) is 0 Å². The van der Waals surface area contributed by atoms with E-state index in [1.165, 1.54) is 0 Å². The molecule has 3 N–H and O–H groups in total. The third-order valence-electron chi connectivity index (χ3n) is 1.90. The second-order valence-corrected chi connectivity index (χ2v) is 4.98. The van der Waals surface area contributed by atoms with Gasteiger partial charge in [0.05, 0.1) is 11.9 Å². The quantitative estimate of drug-likeness (QED) is 0.633. The molecule has 0 bridgehead atoms. The fourth-order valence-electron chi connectivity index (χ4n) is 1.12. The number of sulfonamides is 1. The lowest BCUT2D eigenvalue weighted by atomic mass is 10.3. The molecule has 0 amide bonds. The van der Waals surface area contributed by atoms with E-state index >= 15 is 0 Å². The molecule has 0 radical (unpaired) electrons. The van der Waals surface area contributed by atoms with Gasteiger partial charge in [-0.1, -0.05) is 0 Å². The predicted octanol–water partition coefficient (Wildman–Crippen LogP) is -0.719. The van der Waals surface area contributed by atoms with Gasteiger partial charge in [0.1, 0.15) is 0 Å². The summed E-state index contributed by atoms with van der Waals surface area (Å²) < 4.78 is 23.0. The van der Waals surface area contributed by atoms with Crippen molar-refractivity contribution in [2.75, 3.05) is 12.3 Å². The number of aromatic nitrogens is 2. The van der Waals surface area contributed by atoms with Gasteiger partial charge in [-0.15, -0.1) is 0 Å². The van der Waals surface area contributed by atoms with Crippen molar-refractivity contribution in [2.24, 2.45) is 5.14 Å². The lowest BCUT2D eigenvalue weighted by Crippen LogP contribution is -2.26. The molecule has 1 heterocycles. The Bertz CT molecular complexity index is 399. The summed E-state index contributed by atoms with van der Waals surface area (Å²) in [5.41, 5.74) is 1.03. The SMILES string of the molecule is CCn1cc(CNCCS(N)(=O)=O)cn1. The molecule has 7 heteroatoms. The largest absolute Gasteiger partial charge is 0.311 e. The molecule has 0 aliphatic rings. The van der Waals surface area contributed by atoms with Crippen LogP contribution in [0.15, 0.2) is 12.4 Å². The fraction of sp³-hybridized carbons (Fsp3) is 0.625. The van der Waals surface area contributed by atoms with Gasteiger partial charge in [-0.25, -0.2) is 13.6 Å². The lowest BCUT2D eigenvalue weighted by molar-refractivity contribution is 0.592. The van der Waals surface area contributed by atoms with Crippen molar-refractivity contribution in [1.82, 2.24) is 15.1 Å². The lowest BCUT2D eigenvalue weighted by Gasteiger charge is -2.00. The molecule has 15 heavy (non-hydrogen) atoms. The van der Waals surface area contributed by atoms with Crippen LogP contribution in [0.4, 0.5) is 0 Å². The summed E-state index contributed by atoms with van der Waals surface area (Å²) in [5.74, 6) is -0.0467. The van der Waals surface area contributed by atoms with Crippen molar-refractivity contribution in [3.05, 3.63) is 18.0 Å². The summed E-state index contributed by atoms with van der Waals surface area (Å²) >= 11 is 0. The molecule has 1 aromatic rings. The van der Waals surface area contributed by atoms with E-state index < -0.39 is 10.0 Å². The summed E-state index contributed by atoms with van der Waals surface area (Å²) in [4.78, 5) is 0. The molecule has 0 aromatic carbocycles. The van der Waals surface area contributed by atoms with E-state index in [2.05, 4.69) is 10.4 Å². The van der Waals surface area contributed by atoms with E-state index in [0.717, 1.165) is 12.1 Å². The number of primary sulfonamides is 1. The Morgan fingerprint density at radius 1 is 1.60 bits per heavy atom. The summed E-state index contributed by atoms with van der Waals surface area (Å²) in [7, 11) is -3.36. The average Bonchev–Trinajstić information content (AvgIpc) is 2.59. The number of nitrogens with one attached hydrogen (secondary N) is 1. The minimum absolute atomic E-state index is 0.0467. The van der Waals surface area contributed by atoms with Gasteiger partial charge in [-0.2, -0.15) is 5.10 Å². The first kappa shape index (κ1) is 12.2. The van der Waals surface area contributed by atoms with Crippen LogP contribution in [0.25, 0.3) is 0 Å². The van der Waals surface area contributed by atoms with Gasteiger partial charge >= 0.3 is 0 Å². The van der Waals surface area contributed by atoms with Gasteiger partial charge < -0.3 is 5.32 Å².